The molecule has 118 valence electrons. The Labute approximate surface area is 134 Å². The van der Waals surface area contributed by atoms with Gasteiger partial charge in [-0.05, 0) is 51.4 Å². The van der Waals surface area contributed by atoms with Gasteiger partial charge in [-0.15, -0.1) is 0 Å². The quantitative estimate of drug-likeness (QED) is 0.907. The van der Waals surface area contributed by atoms with Gasteiger partial charge in [0, 0.05) is 25.2 Å². The van der Waals surface area contributed by atoms with E-state index in [1.54, 1.807) is 0 Å². The van der Waals surface area contributed by atoms with Crippen molar-refractivity contribution >= 4 is 17.3 Å². The second-order valence-electron chi connectivity index (χ2n) is 6.30. The number of anilines is 1. The zero-order valence-electron chi connectivity index (χ0n) is 13.5. The van der Waals surface area contributed by atoms with Crippen LogP contribution in [-0.2, 0) is 6.42 Å². The molecule has 1 unspecified atom stereocenters. The van der Waals surface area contributed by atoms with Gasteiger partial charge >= 0.3 is 0 Å². The standard InChI is InChI=1S/C17H28ClN3/c1-4-14(19)12-13-6-5-7-16(18)17(13)21-10-8-15(9-11-21)20(2)3/h5-7,14-15H,4,8-12,19H2,1-3H3. The molecule has 4 heteroatoms. The van der Waals surface area contributed by atoms with Crippen LogP contribution in [0.2, 0.25) is 5.02 Å². The van der Waals surface area contributed by atoms with Gasteiger partial charge in [0.2, 0.25) is 0 Å². The molecule has 1 aromatic rings. The second kappa shape index (κ2) is 7.48. The highest BCUT2D eigenvalue weighted by atomic mass is 35.5. The van der Waals surface area contributed by atoms with Gasteiger partial charge in [-0.1, -0.05) is 30.7 Å². The average molecular weight is 310 g/mol. The van der Waals surface area contributed by atoms with Crippen molar-refractivity contribution in [2.45, 2.75) is 44.7 Å². The highest BCUT2D eigenvalue weighted by Gasteiger charge is 2.24. The van der Waals surface area contributed by atoms with Gasteiger partial charge in [-0.3, -0.25) is 0 Å². The van der Waals surface area contributed by atoms with E-state index in [-0.39, 0.29) is 6.04 Å². The molecule has 1 aliphatic rings. The second-order valence-corrected chi connectivity index (χ2v) is 6.71. The van der Waals surface area contributed by atoms with E-state index in [1.165, 1.54) is 24.1 Å². The molecule has 0 bridgehead atoms. The maximum absolute atomic E-state index is 6.50. The van der Waals surface area contributed by atoms with Crippen molar-refractivity contribution in [1.82, 2.24) is 4.90 Å². The van der Waals surface area contributed by atoms with Crippen LogP contribution < -0.4 is 10.6 Å². The lowest BCUT2D eigenvalue weighted by atomic mass is 9.99. The zero-order chi connectivity index (χ0) is 15.4. The third-order valence-corrected chi connectivity index (χ3v) is 4.89. The minimum absolute atomic E-state index is 0.210. The van der Waals surface area contributed by atoms with E-state index in [1.807, 2.05) is 12.1 Å². The molecule has 1 aromatic carbocycles. The van der Waals surface area contributed by atoms with Crippen LogP contribution in [0.5, 0.6) is 0 Å². The summed E-state index contributed by atoms with van der Waals surface area (Å²) in [6.45, 7) is 4.28. The van der Waals surface area contributed by atoms with Gasteiger partial charge in [0.1, 0.15) is 0 Å². The molecule has 2 N–H and O–H groups in total. The summed E-state index contributed by atoms with van der Waals surface area (Å²) in [5, 5.41) is 0.860. The predicted molar refractivity (Wildman–Crippen MR) is 92.3 cm³/mol. The first kappa shape index (κ1) is 16.6. The summed E-state index contributed by atoms with van der Waals surface area (Å²) in [4.78, 5) is 4.78. The van der Waals surface area contributed by atoms with E-state index in [9.17, 15) is 0 Å². The SMILES string of the molecule is CCC(N)Cc1cccc(Cl)c1N1CCC(N(C)C)CC1. The Balaban J connectivity index is 2.15. The van der Waals surface area contributed by atoms with Crippen LogP contribution in [0.1, 0.15) is 31.7 Å². The smallest absolute Gasteiger partial charge is 0.0642 e. The average Bonchev–Trinajstić information content (AvgIpc) is 2.47. The van der Waals surface area contributed by atoms with E-state index >= 15 is 0 Å². The third-order valence-electron chi connectivity index (χ3n) is 4.59. The van der Waals surface area contributed by atoms with Crippen molar-refractivity contribution in [3.05, 3.63) is 28.8 Å². The van der Waals surface area contributed by atoms with Gasteiger partial charge in [0.25, 0.3) is 0 Å². The Bertz CT molecular complexity index is 453. The van der Waals surface area contributed by atoms with Crippen LogP contribution in [0.25, 0.3) is 0 Å². The number of hydrogen-bond acceptors (Lipinski definition) is 3. The van der Waals surface area contributed by atoms with Gasteiger partial charge < -0.3 is 15.5 Å². The summed E-state index contributed by atoms with van der Waals surface area (Å²) in [5.74, 6) is 0. The molecule has 1 fully saturated rings. The Morgan fingerprint density at radius 1 is 1.33 bits per heavy atom. The van der Waals surface area contributed by atoms with Crippen LogP contribution in [0.4, 0.5) is 5.69 Å². The number of para-hydroxylation sites is 1. The van der Waals surface area contributed by atoms with Crippen molar-refractivity contribution in [1.29, 1.82) is 0 Å². The molecule has 1 atom stereocenters. The Morgan fingerprint density at radius 3 is 2.57 bits per heavy atom. The maximum atomic E-state index is 6.50. The van der Waals surface area contributed by atoms with Gasteiger partial charge in [0.15, 0.2) is 0 Å². The van der Waals surface area contributed by atoms with E-state index in [0.29, 0.717) is 6.04 Å². The minimum atomic E-state index is 0.210. The number of nitrogens with two attached hydrogens (primary N) is 1. The summed E-state index contributed by atoms with van der Waals surface area (Å²) >= 11 is 6.50. The summed E-state index contributed by atoms with van der Waals surface area (Å²) in [6, 6.07) is 7.10. The molecule has 21 heavy (non-hydrogen) atoms. The Hall–Kier alpha value is -0.770. The number of piperidine rings is 1. The number of benzene rings is 1. The van der Waals surface area contributed by atoms with Crippen molar-refractivity contribution in [2.75, 3.05) is 32.1 Å². The van der Waals surface area contributed by atoms with Crippen LogP contribution in [0.3, 0.4) is 0 Å². The molecule has 0 aliphatic carbocycles. The predicted octanol–water partition coefficient (Wildman–Crippen LogP) is 3.15. The molecular formula is C17H28ClN3. The molecular weight excluding hydrogens is 282 g/mol. The van der Waals surface area contributed by atoms with Gasteiger partial charge in [-0.2, -0.15) is 0 Å². The van der Waals surface area contributed by atoms with E-state index in [4.69, 9.17) is 17.3 Å². The Kier molecular flexibility index (Phi) is 5.91. The molecule has 3 nitrogen and oxygen atoms in total. The van der Waals surface area contributed by atoms with E-state index < -0.39 is 0 Å². The molecule has 1 heterocycles. The third kappa shape index (κ3) is 4.12. The molecule has 0 saturated carbocycles. The van der Waals surface area contributed by atoms with Crippen LogP contribution >= 0.6 is 11.6 Å². The number of hydrogen-bond donors (Lipinski definition) is 1. The van der Waals surface area contributed by atoms with E-state index in [0.717, 1.165) is 31.0 Å². The summed E-state index contributed by atoms with van der Waals surface area (Å²) < 4.78 is 0. The molecule has 0 amide bonds. The number of rotatable bonds is 5. The maximum Gasteiger partial charge on any atom is 0.0642 e. The van der Waals surface area contributed by atoms with Crippen molar-refractivity contribution in [2.24, 2.45) is 5.73 Å². The normalized spacial score (nSPS) is 18.3. The lowest BCUT2D eigenvalue weighted by molar-refractivity contribution is 0.249. The summed E-state index contributed by atoms with van der Waals surface area (Å²) in [5.41, 5.74) is 8.65. The number of halogens is 1. The van der Waals surface area contributed by atoms with Crippen LogP contribution in [-0.4, -0.2) is 44.2 Å². The molecule has 1 aliphatic heterocycles. The first-order valence-corrected chi connectivity index (χ1v) is 8.35. The lowest BCUT2D eigenvalue weighted by Crippen LogP contribution is -2.42. The largest absolute Gasteiger partial charge is 0.370 e. The number of nitrogens with zero attached hydrogens (tertiary/aromatic N) is 2. The molecule has 0 radical (unpaired) electrons. The molecule has 0 spiro atoms. The highest BCUT2D eigenvalue weighted by molar-refractivity contribution is 6.33. The first-order chi connectivity index (χ1) is 10.0. The Morgan fingerprint density at radius 2 is 2.00 bits per heavy atom. The zero-order valence-corrected chi connectivity index (χ0v) is 14.2. The first-order valence-electron chi connectivity index (χ1n) is 7.97. The highest BCUT2D eigenvalue weighted by Crippen LogP contribution is 2.33. The summed E-state index contributed by atoms with van der Waals surface area (Å²) in [6.07, 6.45) is 4.28. The topological polar surface area (TPSA) is 32.5 Å². The van der Waals surface area contributed by atoms with Crippen LogP contribution in [0, 0.1) is 0 Å². The summed E-state index contributed by atoms with van der Waals surface area (Å²) in [7, 11) is 4.34. The molecule has 1 saturated heterocycles. The minimum Gasteiger partial charge on any atom is -0.370 e. The lowest BCUT2D eigenvalue weighted by Gasteiger charge is -2.38. The van der Waals surface area contributed by atoms with Crippen molar-refractivity contribution in [3.8, 4) is 0 Å². The van der Waals surface area contributed by atoms with Crippen molar-refractivity contribution < 1.29 is 0 Å². The van der Waals surface area contributed by atoms with Crippen LogP contribution in [0.15, 0.2) is 18.2 Å². The molecule has 0 aromatic heterocycles. The van der Waals surface area contributed by atoms with Gasteiger partial charge in [0.05, 0.1) is 10.7 Å². The fourth-order valence-corrected chi connectivity index (χ4v) is 3.43. The van der Waals surface area contributed by atoms with E-state index in [2.05, 4.69) is 36.9 Å². The van der Waals surface area contributed by atoms with Gasteiger partial charge in [-0.25, -0.2) is 0 Å². The molecule has 2 rings (SSSR count). The van der Waals surface area contributed by atoms with Crippen molar-refractivity contribution in [3.63, 3.8) is 0 Å². The fraction of sp³-hybridized carbons (Fsp3) is 0.647. The monoisotopic (exact) mass is 309 g/mol. The fourth-order valence-electron chi connectivity index (χ4n) is 3.11.